The first-order valence-corrected chi connectivity index (χ1v) is 12.6. The van der Waals surface area contributed by atoms with Gasteiger partial charge in [-0.2, -0.15) is 5.10 Å². The van der Waals surface area contributed by atoms with Crippen molar-refractivity contribution in [2.24, 2.45) is 5.10 Å². The number of hydrazone groups is 1. The molecule has 0 spiro atoms. The molecule has 8 heteroatoms. The predicted octanol–water partition coefficient (Wildman–Crippen LogP) is 4.75. The van der Waals surface area contributed by atoms with E-state index in [2.05, 4.69) is 10.5 Å². The second-order valence-corrected chi connectivity index (χ2v) is 9.88. The lowest BCUT2D eigenvalue weighted by Crippen LogP contribution is -2.33. The Hall–Kier alpha value is -3.65. The van der Waals surface area contributed by atoms with E-state index in [0.717, 1.165) is 37.0 Å². The number of nitrogens with one attached hydrogen (secondary N) is 1. The molecule has 1 amide bonds. The molecule has 1 aliphatic rings. The fraction of sp³-hybridized carbons (Fsp3) is 0.231. The Morgan fingerprint density at radius 1 is 0.941 bits per heavy atom. The number of para-hydroxylation sites is 1. The summed E-state index contributed by atoms with van der Waals surface area (Å²) < 4.78 is 34.0. The largest absolute Gasteiger partial charge is 0.497 e. The van der Waals surface area contributed by atoms with Crippen LogP contribution in [0, 0.1) is 0 Å². The Morgan fingerprint density at radius 2 is 1.59 bits per heavy atom. The van der Waals surface area contributed by atoms with Gasteiger partial charge in [-0.15, -0.1) is 0 Å². The molecule has 0 radical (unpaired) electrons. The number of anilines is 1. The highest BCUT2D eigenvalue weighted by Gasteiger charge is 2.28. The van der Waals surface area contributed by atoms with Crippen molar-refractivity contribution >= 4 is 27.3 Å². The number of amides is 1. The minimum atomic E-state index is -4.00. The maximum Gasteiger partial charge on any atom is 0.273 e. The molecule has 0 heterocycles. The number of hydrogen-bond donors (Lipinski definition) is 1. The minimum Gasteiger partial charge on any atom is -0.497 e. The zero-order chi connectivity index (χ0) is 24.0. The lowest BCUT2D eigenvalue weighted by Gasteiger charge is -2.26. The molecule has 7 nitrogen and oxygen atoms in total. The van der Waals surface area contributed by atoms with Crippen molar-refractivity contribution in [3.8, 4) is 5.75 Å². The van der Waals surface area contributed by atoms with Gasteiger partial charge in [0.25, 0.3) is 15.9 Å². The molecule has 176 valence electrons. The van der Waals surface area contributed by atoms with Crippen molar-refractivity contribution in [2.45, 2.75) is 37.1 Å². The summed E-state index contributed by atoms with van der Waals surface area (Å²) in [6, 6.07) is 22.2. The lowest BCUT2D eigenvalue weighted by atomic mass is 10.1. The number of carbonyl (C=O) groups excluding carboxylic acids is 1. The number of benzene rings is 3. The monoisotopic (exact) mass is 477 g/mol. The van der Waals surface area contributed by atoms with Gasteiger partial charge in [-0.25, -0.2) is 13.8 Å². The molecule has 1 saturated carbocycles. The normalized spacial score (nSPS) is 13.4. The van der Waals surface area contributed by atoms with E-state index in [1.165, 1.54) is 23.5 Å². The smallest absolute Gasteiger partial charge is 0.273 e. The van der Waals surface area contributed by atoms with Gasteiger partial charge < -0.3 is 4.74 Å². The predicted molar refractivity (Wildman–Crippen MR) is 133 cm³/mol. The van der Waals surface area contributed by atoms with Crippen LogP contribution >= 0.6 is 0 Å². The van der Waals surface area contributed by atoms with Crippen LogP contribution in [0.2, 0.25) is 0 Å². The van der Waals surface area contributed by atoms with Gasteiger partial charge in [0.2, 0.25) is 0 Å². The highest BCUT2D eigenvalue weighted by molar-refractivity contribution is 7.92. The Balaban J connectivity index is 1.74. The Labute approximate surface area is 200 Å². The third-order valence-corrected chi connectivity index (χ3v) is 7.50. The third-order valence-electron chi connectivity index (χ3n) is 5.73. The summed E-state index contributed by atoms with van der Waals surface area (Å²) in [5.41, 5.74) is 4.88. The van der Waals surface area contributed by atoms with Crippen molar-refractivity contribution in [2.75, 3.05) is 11.4 Å². The summed E-state index contributed by atoms with van der Waals surface area (Å²) in [5, 5.41) is 4.26. The molecule has 3 aromatic carbocycles. The maximum atomic E-state index is 13.8. The van der Waals surface area contributed by atoms with E-state index in [4.69, 9.17) is 4.74 Å². The maximum absolute atomic E-state index is 13.8. The molecule has 34 heavy (non-hydrogen) atoms. The second kappa shape index (κ2) is 10.5. The number of nitrogens with zero attached hydrogens (tertiary/aromatic N) is 2. The van der Waals surface area contributed by atoms with Crippen LogP contribution < -0.4 is 14.5 Å². The SMILES string of the molecule is COc1ccc(S(=O)(=O)N(Cc2ccccc2)c2ccccc2C(=O)NN=C2CCCC2)cc1. The summed E-state index contributed by atoms with van der Waals surface area (Å²) in [4.78, 5) is 13.2. The Morgan fingerprint density at radius 3 is 2.26 bits per heavy atom. The quantitative estimate of drug-likeness (QED) is 0.474. The lowest BCUT2D eigenvalue weighted by molar-refractivity contribution is 0.0955. The standard InChI is InChI=1S/C26H27N3O4S/c1-33-22-15-17-23(18-16-22)34(31,32)29(19-20-9-3-2-4-10-20)25-14-8-7-13-24(25)26(30)28-27-21-11-5-6-12-21/h2-4,7-10,13-18H,5-6,11-12,19H2,1H3,(H,28,30). The van der Waals surface area contributed by atoms with Gasteiger partial charge in [0.15, 0.2) is 0 Å². The van der Waals surface area contributed by atoms with E-state index >= 15 is 0 Å². The topological polar surface area (TPSA) is 88.1 Å². The first-order chi connectivity index (χ1) is 16.5. The molecule has 0 bridgehead atoms. The van der Waals surface area contributed by atoms with Gasteiger partial charge >= 0.3 is 0 Å². The summed E-state index contributed by atoms with van der Waals surface area (Å²) in [7, 11) is -2.48. The Bertz CT molecular complexity index is 1260. The fourth-order valence-corrected chi connectivity index (χ4v) is 5.36. The number of sulfonamides is 1. The molecule has 0 aromatic heterocycles. The van der Waals surface area contributed by atoms with E-state index in [1.54, 1.807) is 36.4 Å². The molecular formula is C26H27N3O4S. The molecule has 1 fully saturated rings. The van der Waals surface area contributed by atoms with E-state index < -0.39 is 15.9 Å². The van der Waals surface area contributed by atoms with Crippen LogP contribution in [-0.2, 0) is 16.6 Å². The van der Waals surface area contributed by atoms with E-state index in [1.807, 2.05) is 30.3 Å². The van der Waals surface area contributed by atoms with Crippen molar-refractivity contribution in [1.82, 2.24) is 5.43 Å². The van der Waals surface area contributed by atoms with E-state index in [9.17, 15) is 13.2 Å². The van der Waals surface area contributed by atoms with Crippen molar-refractivity contribution < 1.29 is 17.9 Å². The van der Waals surface area contributed by atoms with Crippen LogP contribution in [-0.4, -0.2) is 27.1 Å². The number of rotatable bonds is 8. The van der Waals surface area contributed by atoms with Crippen LogP contribution in [0.4, 0.5) is 5.69 Å². The fourth-order valence-electron chi connectivity index (χ4n) is 3.89. The van der Waals surface area contributed by atoms with Crippen molar-refractivity contribution in [3.63, 3.8) is 0 Å². The van der Waals surface area contributed by atoms with Gasteiger partial charge in [0.05, 0.1) is 29.8 Å². The number of carbonyl (C=O) groups is 1. The van der Waals surface area contributed by atoms with Gasteiger partial charge in [0, 0.05) is 5.71 Å². The number of methoxy groups -OCH3 is 1. The molecule has 4 rings (SSSR count). The molecular weight excluding hydrogens is 450 g/mol. The van der Waals surface area contributed by atoms with E-state index in [-0.39, 0.29) is 22.7 Å². The highest BCUT2D eigenvalue weighted by atomic mass is 32.2. The summed E-state index contributed by atoms with van der Waals surface area (Å²) in [6.45, 7) is 0.0635. The van der Waals surface area contributed by atoms with Gasteiger partial charge in [0.1, 0.15) is 5.75 Å². The summed E-state index contributed by atoms with van der Waals surface area (Å²) >= 11 is 0. The van der Waals surface area contributed by atoms with Gasteiger partial charge in [-0.3, -0.25) is 9.10 Å². The molecule has 1 N–H and O–H groups in total. The average molecular weight is 478 g/mol. The van der Waals surface area contributed by atoms with Crippen LogP contribution in [0.3, 0.4) is 0 Å². The Kier molecular flexibility index (Phi) is 7.27. The van der Waals surface area contributed by atoms with Crippen molar-refractivity contribution in [1.29, 1.82) is 0 Å². The minimum absolute atomic E-state index is 0.0635. The highest BCUT2D eigenvalue weighted by Crippen LogP contribution is 2.30. The van der Waals surface area contributed by atoms with Crippen LogP contribution in [0.5, 0.6) is 5.75 Å². The van der Waals surface area contributed by atoms with Crippen LogP contribution in [0.15, 0.2) is 88.9 Å². The van der Waals surface area contributed by atoms with Crippen LogP contribution in [0.1, 0.15) is 41.6 Å². The molecule has 3 aromatic rings. The summed E-state index contributed by atoms with van der Waals surface area (Å²) in [5.74, 6) is 0.109. The molecule has 0 aliphatic heterocycles. The van der Waals surface area contributed by atoms with Crippen LogP contribution in [0.25, 0.3) is 0 Å². The van der Waals surface area contributed by atoms with Gasteiger partial charge in [-0.05, 0) is 67.6 Å². The first-order valence-electron chi connectivity index (χ1n) is 11.1. The summed E-state index contributed by atoms with van der Waals surface area (Å²) in [6.07, 6.45) is 3.87. The second-order valence-electron chi connectivity index (χ2n) is 8.02. The third kappa shape index (κ3) is 5.28. The molecule has 1 aliphatic carbocycles. The average Bonchev–Trinajstić information content (AvgIpc) is 3.40. The van der Waals surface area contributed by atoms with E-state index in [0.29, 0.717) is 5.75 Å². The zero-order valence-electron chi connectivity index (χ0n) is 19.0. The number of ether oxygens (including phenoxy) is 1. The molecule has 0 atom stereocenters. The first kappa shape index (κ1) is 23.5. The molecule has 0 unspecified atom stereocenters. The molecule has 0 saturated heterocycles. The zero-order valence-corrected chi connectivity index (χ0v) is 19.8. The number of hydrogen-bond acceptors (Lipinski definition) is 5. The van der Waals surface area contributed by atoms with Crippen molar-refractivity contribution in [3.05, 3.63) is 90.0 Å². The van der Waals surface area contributed by atoms with Gasteiger partial charge in [-0.1, -0.05) is 42.5 Å².